The van der Waals surface area contributed by atoms with E-state index in [2.05, 4.69) is 9.50 Å². The second-order valence-corrected chi connectivity index (χ2v) is 6.69. The molecule has 0 aliphatic carbocycles. The van der Waals surface area contributed by atoms with Gasteiger partial charge in [-0.1, -0.05) is 0 Å². The Kier molecular flexibility index (Phi) is 5.11. The number of non-ortho nitro benzene ring substituents is 1. The molecule has 0 spiro atoms. The van der Waals surface area contributed by atoms with Gasteiger partial charge in [0.05, 0.1) is 22.4 Å². The minimum atomic E-state index is -4.33. The largest absolute Gasteiger partial charge is 0.368 e. The standard InChI is InChI=1S/C13H13F2N5O4S/c1-18(2)8-17-25(23,24)12-5-10(20(21)22)3-4-11(12)19-7-9(6-16-19)13(14)15/h3-8,13H,1-2H3/b17-8+. The highest BCUT2D eigenvalue weighted by molar-refractivity contribution is 7.90. The predicted molar refractivity (Wildman–Crippen MR) is 84.5 cm³/mol. The lowest BCUT2D eigenvalue weighted by Gasteiger charge is -2.09. The maximum atomic E-state index is 12.7. The SMILES string of the molecule is CN(C)/C=N/S(=O)(=O)c1cc([N+](=O)[O-])ccc1-n1cc(C(F)F)cn1. The topological polar surface area (TPSA) is 111 Å². The third-order valence-electron chi connectivity index (χ3n) is 2.95. The first kappa shape index (κ1) is 18.4. The first-order valence-corrected chi connectivity index (χ1v) is 8.14. The van der Waals surface area contributed by atoms with Crippen LogP contribution in [-0.4, -0.2) is 48.5 Å². The van der Waals surface area contributed by atoms with E-state index in [1.807, 2.05) is 0 Å². The van der Waals surface area contributed by atoms with Gasteiger partial charge in [-0.05, 0) is 6.07 Å². The third kappa shape index (κ3) is 4.15. The molecule has 2 aromatic rings. The lowest BCUT2D eigenvalue weighted by Crippen LogP contribution is -2.12. The Morgan fingerprint density at radius 2 is 2.08 bits per heavy atom. The van der Waals surface area contributed by atoms with Crippen LogP contribution in [0.2, 0.25) is 0 Å². The van der Waals surface area contributed by atoms with Crippen LogP contribution in [0.1, 0.15) is 12.0 Å². The molecule has 1 heterocycles. The van der Waals surface area contributed by atoms with Crippen molar-refractivity contribution in [2.24, 2.45) is 4.40 Å². The van der Waals surface area contributed by atoms with Gasteiger partial charge in [0.25, 0.3) is 22.1 Å². The van der Waals surface area contributed by atoms with Gasteiger partial charge in [-0.15, -0.1) is 4.40 Å². The second kappa shape index (κ2) is 6.93. The van der Waals surface area contributed by atoms with Crippen molar-refractivity contribution in [2.75, 3.05) is 14.1 Å². The molecule has 134 valence electrons. The van der Waals surface area contributed by atoms with E-state index in [0.29, 0.717) is 0 Å². The van der Waals surface area contributed by atoms with Crippen molar-refractivity contribution in [1.82, 2.24) is 14.7 Å². The molecule has 0 radical (unpaired) electrons. The highest BCUT2D eigenvalue weighted by atomic mass is 32.2. The van der Waals surface area contributed by atoms with Gasteiger partial charge < -0.3 is 4.90 Å². The number of benzene rings is 1. The fourth-order valence-electron chi connectivity index (χ4n) is 1.81. The normalized spacial score (nSPS) is 12.0. The number of halogens is 2. The molecule has 0 atom stereocenters. The van der Waals surface area contributed by atoms with Crippen molar-refractivity contribution in [1.29, 1.82) is 0 Å². The zero-order valence-electron chi connectivity index (χ0n) is 13.1. The lowest BCUT2D eigenvalue weighted by atomic mass is 10.3. The van der Waals surface area contributed by atoms with Crippen molar-refractivity contribution >= 4 is 22.0 Å². The summed E-state index contributed by atoms with van der Waals surface area (Å²) >= 11 is 0. The van der Waals surface area contributed by atoms with E-state index < -0.39 is 37.5 Å². The van der Waals surface area contributed by atoms with E-state index in [1.165, 1.54) is 19.0 Å². The van der Waals surface area contributed by atoms with E-state index in [1.54, 1.807) is 0 Å². The molecule has 0 saturated heterocycles. The van der Waals surface area contributed by atoms with Gasteiger partial charge in [0.15, 0.2) is 0 Å². The maximum absolute atomic E-state index is 12.7. The number of aromatic nitrogens is 2. The number of nitro groups is 1. The number of nitrogens with zero attached hydrogens (tertiary/aromatic N) is 5. The van der Waals surface area contributed by atoms with Crippen molar-refractivity contribution in [3.8, 4) is 5.69 Å². The van der Waals surface area contributed by atoms with Crippen LogP contribution >= 0.6 is 0 Å². The van der Waals surface area contributed by atoms with Gasteiger partial charge in [-0.2, -0.15) is 13.5 Å². The van der Waals surface area contributed by atoms with E-state index in [-0.39, 0.29) is 5.69 Å². The first-order chi connectivity index (χ1) is 11.6. The molecular formula is C13H13F2N5O4S. The summed E-state index contributed by atoms with van der Waals surface area (Å²) in [7, 11) is -1.25. The average molecular weight is 373 g/mol. The molecule has 2 rings (SSSR count). The average Bonchev–Trinajstić information content (AvgIpc) is 3.02. The number of sulfonamides is 1. The van der Waals surface area contributed by atoms with Crippen LogP contribution in [0.15, 0.2) is 39.9 Å². The van der Waals surface area contributed by atoms with Crippen LogP contribution in [0.4, 0.5) is 14.5 Å². The molecule has 9 nitrogen and oxygen atoms in total. The molecule has 25 heavy (non-hydrogen) atoms. The Balaban J connectivity index is 2.65. The van der Waals surface area contributed by atoms with Gasteiger partial charge in [-0.3, -0.25) is 10.1 Å². The molecule has 0 saturated carbocycles. The van der Waals surface area contributed by atoms with Crippen molar-refractivity contribution in [3.05, 3.63) is 46.3 Å². The van der Waals surface area contributed by atoms with Crippen LogP contribution in [0, 0.1) is 10.1 Å². The molecular weight excluding hydrogens is 360 g/mol. The van der Waals surface area contributed by atoms with Crippen LogP contribution in [-0.2, 0) is 10.0 Å². The molecule has 0 bridgehead atoms. The fraction of sp³-hybridized carbons (Fsp3) is 0.231. The fourth-order valence-corrected chi connectivity index (χ4v) is 2.93. The highest BCUT2D eigenvalue weighted by Crippen LogP contribution is 2.28. The summed E-state index contributed by atoms with van der Waals surface area (Å²) in [5.74, 6) is 0. The predicted octanol–water partition coefficient (Wildman–Crippen LogP) is 2.00. The number of rotatable bonds is 6. The zero-order chi connectivity index (χ0) is 18.8. The monoisotopic (exact) mass is 373 g/mol. The van der Waals surface area contributed by atoms with E-state index in [9.17, 15) is 27.3 Å². The first-order valence-electron chi connectivity index (χ1n) is 6.70. The van der Waals surface area contributed by atoms with Gasteiger partial charge >= 0.3 is 0 Å². The Morgan fingerprint density at radius 3 is 2.60 bits per heavy atom. The number of hydrogen-bond donors (Lipinski definition) is 0. The molecule has 1 aromatic carbocycles. The van der Waals surface area contributed by atoms with Crippen molar-refractivity contribution < 1.29 is 22.1 Å². The number of hydrogen-bond acceptors (Lipinski definition) is 5. The van der Waals surface area contributed by atoms with E-state index >= 15 is 0 Å². The quantitative estimate of drug-likeness (QED) is 0.331. The molecule has 0 aliphatic rings. The zero-order valence-corrected chi connectivity index (χ0v) is 13.9. The van der Waals surface area contributed by atoms with E-state index in [0.717, 1.165) is 41.6 Å². The maximum Gasteiger partial charge on any atom is 0.286 e. The van der Waals surface area contributed by atoms with Crippen LogP contribution in [0.3, 0.4) is 0 Å². The van der Waals surface area contributed by atoms with Gasteiger partial charge in [0, 0.05) is 32.4 Å². The summed E-state index contributed by atoms with van der Waals surface area (Å²) < 4.78 is 54.6. The summed E-state index contributed by atoms with van der Waals surface area (Å²) in [6.07, 6.45) is 0.0381. The summed E-state index contributed by atoms with van der Waals surface area (Å²) in [6, 6.07) is 2.97. The summed E-state index contributed by atoms with van der Waals surface area (Å²) in [6.45, 7) is 0. The Bertz CT molecular complexity index is 924. The summed E-state index contributed by atoms with van der Waals surface area (Å²) in [4.78, 5) is 11.0. The molecule has 0 N–H and O–H groups in total. The Labute approximate surface area is 141 Å². The van der Waals surface area contributed by atoms with Gasteiger partial charge in [0.2, 0.25) is 0 Å². The molecule has 0 fully saturated rings. The Morgan fingerprint density at radius 1 is 1.40 bits per heavy atom. The van der Waals surface area contributed by atoms with E-state index in [4.69, 9.17) is 0 Å². The molecule has 12 heteroatoms. The molecule has 0 unspecified atom stereocenters. The highest BCUT2D eigenvalue weighted by Gasteiger charge is 2.24. The van der Waals surface area contributed by atoms with Crippen molar-refractivity contribution in [2.45, 2.75) is 11.3 Å². The summed E-state index contributed by atoms with van der Waals surface area (Å²) in [5, 5.41) is 14.6. The Hall–Kier alpha value is -2.89. The van der Waals surface area contributed by atoms with Crippen LogP contribution in [0.25, 0.3) is 5.69 Å². The number of nitro benzene ring substituents is 1. The number of alkyl halides is 2. The minimum absolute atomic E-state index is 0.131. The molecule has 1 aromatic heterocycles. The lowest BCUT2D eigenvalue weighted by molar-refractivity contribution is -0.385. The van der Waals surface area contributed by atoms with Crippen molar-refractivity contribution in [3.63, 3.8) is 0 Å². The van der Waals surface area contributed by atoms with Gasteiger partial charge in [0.1, 0.15) is 11.2 Å². The molecule has 0 aliphatic heterocycles. The third-order valence-corrected chi connectivity index (χ3v) is 4.20. The minimum Gasteiger partial charge on any atom is -0.368 e. The molecule has 0 amide bonds. The van der Waals surface area contributed by atoms with Crippen LogP contribution < -0.4 is 0 Å². The second-order valence-electron chi connectivity index (χ2n) is 5.09. The summed E-state index contributed by atoms with van der Waals surface area (Å²) in [5.41, 5.74) is -1.03. The smallest absolute Gasteiger partial charge is 0.286 e. The van der Waals surface area contributed by atoms with Crippen LogP contribution in [0.5, 0.6) is 0 Å². The van der Waals surface area contributed by atoms with Gasteiger partial charge in [-0.25, -0.2) is 13.5 Å².